The predicted octanol–water partition coefficient (Wildman–Crippen LogP) is 3.08. The van der Waals surface area contributed by atoms with Gasteiger partial charge in [0.15, 0.2) is 11.2 Å². The van der Waals surface area contributed by atoms with Gasteiger partial charge in [-0.3, -0.25) is 19.1 Å². The number of para-hydroxylation sites is 1. The van der Waals surface area contributed by atoms with Crippen molar-refractivity contribution in [3.63, 3.8) is 0 Å². The Labute approximate surface area is 247 Å². The van der Waals surface area contributed by atoms with Crippen molar-refractivity contribution in [2.45, 2.75) is 63.8 Å². The second-order valence-electron chi connectivity index (χ2n) is 10.9. The molecule has 0 radical (unpaired) electrons. The molecule has 1 aliphatic rings. The number of alkyl halides is 1. The Bertz CT molecular complexity index is 1520. The van der Waals surface area contributed by atoms with Crippen LogP contribution in [0.4, 0.5) is 5.95 Å². The van der Waals surface area contributed by atoms with Gasteiger partial charge >= 0.3 is 13.7 Å². The summed E-state index contributed by atoms with van der Waals surface area (Å²) in [4.78, 5) is 37.9. The zero-order valence-electron chi connectivity index (χ0n) is 23.9. The molecule has 6 N–H and O–H groups in total. The molecule has 3 heterocycles. The summed E-state index contributed by atoms with van der Waals surface area (Å²) in [6, 6.07) is 7.00. The Morgan fingerprint density at radius 3 is 2.52 bits per heavy atom. The fourth-order valence-electron chi connectivity index (χ4n) is 4.48. The van der Waals surface area contributed by atoms with Gasteiger partial charge in [-0.05, 0) is 37.8 Å². The van der Waals surface area contributed by atoms with E-state index in [1.165, 1.54) is 11.6 Å². The number of nitrogen functional groups attached to an aromatic ring is 1. The number of H-pyrrole nitrogens is 2. The monoisotopic (exact) mass is 626 g/mol. The van der Waals surface area contributed by atoms with Gasteiger partial charge in [0.1, 0.15) is 35.4 Å². The maximum absolute atomic E-state index is 14.5. The molecule has 42 heavy (non-hydrogen) atoms. The molecule has 1 fully saturated rings. The number of aromatic nitrogens is 4. The number of aromatic amines is 2. The SMILES string of the molecule is CC(C)C(C)CN([C@@H](C)C(=O)O)[P@@](=O)(OC[C@H]1O[C@@](C)(c2nc3nc(N)[nH]c(=O)c3[nH]2)[C@H](Cl)[C@@H]1O)Oc1ccccc1. The number of halogens is 1. The van der Waals surface area contributed by atoms with Gasteiger partial charge in [-0.1, -0.05) is 39.0 Å². The van der Waals surface area contributed by atoms with Crippen LogP contribution in [0.15, 0.2) is 35.1 Å². The van der Waals surface area contributed by atoms with Crippen molar-refractivity contribution in [3.05, 3.63) is 46.5 Å². The highest BCUT2D eigenvalue weighted by molar-refractivity contribution is 7.51. The Morgan fingerprint density at radius 2 is 1.90 bits per heavy atom. The highest BCUT2D eigenvalue weighted by atomic mass is 35.5. The van der Waals surface area contributed by atoms with Crippen LogP contribution >= 0.6 is 19.3 Å². The molecule has 1 saturated heterocycles. The number of carbonyl (C=O) groups is 1. The molecule has 1 aromatic carbocycles. The number of nitrogens with zero attached hydrogens (tertiary/aromatic N) is 3. The number of aliphatic hydroxyl groups excluding tert-OH is 1. The first-order chi connectivity index (χ1) is 19.7. The number of carboxylic acids is 1. The molecule has 1 unspecified atom stereocenters. The summed E-state index contributed by atoms with van der Waals surface area (Å²) in [7, 11) is -4.38. The number of benzene rings is 1. The van der Waals surface area contributed by atoms with Crippen LogP contribution in [0.5, 0.6) is 5.75 Å². The van der Waals surface area contributed by atoms with Crippen LogP contribution in [0.25, 0.3) is 11.2 Å². The van der Waals surface area contributed by atoms with Crippen LogP contribution in [0.2, 0.25) is 0 Å². The lowest BCUT2D eigenvalue weighted by molar-refractivity contribution is -0.141. The molecule has 0 saturated carbocycles. The highest BCUT2D eigenvalue weighted by Crippen LogP contribution is 2.54. The van der Waals surface area contributed by atoms with Gasteiger partial charge in [0.05, 0.1) is 12.0 Å². The fourth-order valence-corrected chi connectivity index (χ4v) is 6.81. The Hall–Kier alpha value is -3.00. The van der Waals surface area contributed by atoms with E-state index < -0.39 is 55.1 Å². The number of aliphatic carboxylic acids is 1. The van der Waals surface area contributed by atoms with E-state index in [0.29, 0.717) is 0 Å². The summed E-state index contributed by atoms with van der Waals surface area (Å²) in [5, 5.41) is 19.8. The average Bonchev–Trinajstić information content (AvgIpc) is 3.46. The molecule has 230 valence electrons. The number of aliphatic hydroxyl groups is 1. The molecule has 0 aliphatic carbocycles. The first kappa shape index (κ1) is 31.9. The number of hydrogen-bond acceptors (Lipinski definition) is 10. The van der Waals surface area contributed by atoms with E-state index in [2.05, 4.69) is 19.9 Å². The minimum atomic E-state index is -4.38. The minimum Gasteiger partial charge on any atom is -0.480 e. The van der Waals surface area contributed by atoms with Crippen molar-refractivity contribution in [2.75, 3.05) is 18.9 Å². The lowest BCUT2D eigenvalue weighted by atomic mass is 9.98. The zero-order chi connectivity index (χ0) is 31.0. The molecule has 0 spiro atoms. The lowest BCUT2D eigenvalue weighted by Gasteiger charge is -2.35. The van der Waals surface area contributed by atoms with Crippen LogP contribution in [0.3, 0.4) is 0 Å². The normalized spacial score (nSPS) is 25.5. The van der Waals surface area contributed by atoms with E-state index in [4.69, 9.17) is 31.1 Å². The van der Waals surface area contributed by atoms with Gasteiger partial charge in [0.25, 0.3) is 5.56 Å². The van der Waals surface area contributed by atoms with Crippen LogP contribution < -0.4 is 15.8 Å². The number of nitrogens with one attached hydrogen (secondary N) is 2. The van der Waals surface area contributed by atoms with E-state index >= 15 is 0 Å². The van der Waals surface area contributed by atoms with Crippen molar-refractivity contribution in [1.82, 2.24) is 24.6 Å². The summed E-state index contributed by atoms with van der Waals surface area (Å²) in [6.45, 7) is 8.42. The number of imidazole rings is 1. The third kappa shape index (κ3) is 6.34. The van der Waals surface area contributed by atoms with Crippen molar-refractivity contribution < 1.29 is 33.4 Å². The first-order valence-corrected chi connectivity index (χ1v) is 15.3. The van der Waals surface area contributed by atoms with Gasteiger partial charge in [-0.25, -0.2) is 9.55 Å². The Kier molecular flexibility index (Phi) is 9.36. The Morgan fingerprint density at radius 1 is 1.24 bits per heavy atom. The highest BCUT2D eigenvalue weighted by Gasteiger charge is 2.55. The predicted molar refractivity (Wildman–Crippen MR) is 155 cm³/mol. The number of ether oxygens (including phenoxy) is 1. The van der Waals surface area contributed by atoms with Crippen molar-refractivity contribution in [3.8, 4) is 5.75 Å². The topological polar surface area (TPSA) is 206 Å². The van der Waals surface area contributed by atoms with Gasteiger partial charge in [-0.2, -0.15) is 9.65 Å². The largest absolute Gasteiger partial charge is 0.480 e. The van der Waals surface area contributed by atoms with E-state index in [1.807, 2.05) is 20.8 Å². The smallest absolute Gasteiger partial charge is 0.462 e. The second-order valence-corrected chi connectivity index (χ2v) is 13.3. The number of nitrogens with two attached hydrogens (primary N) is 1. The number of rotatable bonds is 12. The van der Waals surface area contributed by atoms with E-state index in [0.717, 1.165) is 0 Å². The molecule has 16 heteroatoms. The van der Waals surface area contributed by atoms with Crippen LogP contribution in [0, 0.1) is 11.8 Å². The molecular formula is C26H36ClN6O8P. The third-order valence-corrected chi connectivity index (χ3v) is 10.3. The molecule has 0 bridgehead atoms. The van der Waals surface area contributed by atoms with Gasteiger partial charge in [0.2, 0.25) is 5.95 Å². The minimum absolute atomic E-state index is 0.0347. The second kappa shape index (κ2) is 12.3. The summed E-state index contributed by atoms with van der Waals surface area (Å²) in [5.41, 5.74) is 3.69. The quantitative estimate of drug-likeness (QED) is 0.145. The molecule has 3 aromatic rings. The van der Waals surface area contributed by atoms with Gasteiger partial charge in [-0.15, -0.1) is 11.6 Å². The van der Waals surface area contributed by atoms with Crippen molar-refractivity contribution >= 4 is 42.4 Å². The number of anilines is 1. The van der Waals surface area contributed by atoms with Crippen LogP contribution in [-0.2, 0) is 24.2 Å². The van der Waals surface area contributed by atoms with E-state index in [9.17, 15) is 24.4 Å². The molecule has 2 aromatic heterocycles. The molecule has 1 aliphatic heterocycles. The van der Waals surface area contributed by atoms with Gasteiger partial charge in [0, 0.05) is 6.54 Å². The van der Waals surface area contributed by atoms with Gasteiger partial charge < -0.3 is 30.2 Å². The van der Waals surface area contributed by atoms with Crippen molar-refractivity contribution in [2.24, 2.45) is 11.8 Å². The molecule has 14 nitrogen and oxygen atoms in total. The first-order valence-electron chi connectivity index (χ1n) is 13.4. The molecule has 0 amide bonds. The summed E-state index contributed by atoms with van der Waals surface area (Å²) >= 11 is 6.63. The molecule has 4 rings (SSSR count). The lowest BCUT2D eigenvalue weighted by Crippen LogP contribution is -2.42. The van der Waals surface area contributed by atoms with E-state index in [-0.39, 0.29) is 47.1 Å². The number of carboxylic acid groups (broad SMARTS) is 1. The molecule has 7 atom stereocenters. The van der Waals surface area contributed by atoms with Crippen molar-refractivity contribution in [1.29, 1.82) is 0 Å². The maximum Gasteiger partial charge on any atom is 0.462 e. The fraction of sp³-hybridized carbons (Fsp3) is 0.538. The van der Waals surface area contributed by atoms with Crippen LogP contribution in [0.1, 0.15) is 40.4 Å². The Balaban J connectivity index is 1.65. The zero-order valence-corrected chi connectivity index (χ0v) is 25.5. The molecular weight excluding hydrogens is 591 g/mol. The number of fused-ring (bicyclic) bond motifs is 1. The summed E-state index contributed by atoms with van der Waals surface area (Å²) in [6.07, 6.45) is -2.48. The third-order valence-electron chi connectivity index (χ3n) is 7.55. The van der Waals surface area contributed by atoms with E-state index in [1.54, 1.807) is 37.3 Å². The summed E-state index contributed by atoms with van der Waals surface area (Å²) in [5.74, 6) is -0.974. The summed E-state index contributed by atoms with van der Waals surface area (Å²) < 4.78 is 33.6. The standard InChI is InChI=1S/C26H36ClN6O8P/c1-13(2)14(3)11-33(15(4)23(36)37)42(38,41-16-9-7-6-8-10-16)39-12-17-19(34)20(27)26(5,40-17)24-29-18-21(30-24)31-25(28)32-22(18)35/h6-10,13-15,17,19-20,34H,11-12H2,1-5H3,(H,36,37)(H4,28,29,30,31,32,35)/t14?,15-,17+,19+,20+,26+,42+/m0/s1. The maximum atomic E-state index is 14.5. The average molecular weight is 627 g/mol. The van der Waals surface area contributed by atoms with Crippen LogP contribution in [-0.4, -0.2) is 77.6 Å². The number of hydrogen-bond donors (Lipinski definition) is 5.